The molecule has 0 atom stereocenters. The maximum atomic E-state index is 4.54. The lowest BCUT2D eigenvalue weighted by molar-refractivity contribution is 0.215. The normalized spacial score (nSPS) is 10.0. The van der Waals surface area contributed by atoms with Gasteiger partial charge in [0.25, 0.3) is 0 Å². The highest BCUT2D eigenvalue weighted by molar-refractivity contribution is 4.47. The summed E-state index contributed by atoms with van der Waals surface area (Å²) in [7, 11) is 1.68. The van der Waals surface area contributed by atoms with Crippen LogP contribution in [0.15, 0.2) is 0 Å². The topological polar surface area (TPSA) is 9.23 Å². The molecule has 0 heterocycles. The van der Waals surface area contributed by atoms with Crippen molar-refractivity contribution in [3.8, 4) is 0 Å². The Morgan fingerprint density at radius 1 is 1.11 bits per heavy atom. The molecule has 1 heteroatoms. The van der Waals surface area contributed by atoms with Gasteiger partial charge in [0.1, 0.15) is 0 Å². The Bertz CT molecular complexity index is 35.0. The van der Waals surface area contributed by atoms with Crippen molar-refractivity contribution in [2.75, 3.05) is 13.7 Å². The number of hydrogen-bond donors (Lipinski definition) is 0. The SMILES string of the molecule is CC(C)(C)C.CCOC. The van der Waals surface area contributed by atoms with Crippen molar-refractivity contribution in [2.24, 2.45) is 5.41 Å². The van der Waals surface area contributed by atoms with E-state index in [0.29, 0.717) is 5.41 Å². The van der Waals surface area contributed by atoms with Crippen molar-refractivity contribution < 1.29 is 4.74 Å². The van der Waals surface area contributed by atoms with Crippen LogP contribution in [-0.4, -0.2) is 13.7 Å². The first-order valence-corrected chi connectivity index (χ1v) is 3.40. The van der Waals surface area contributed by atoms with E-state index in [1.807, 2.05) is 6.92 Å². The lowest BCUT2D eigenvalue weighted by Gasteiger charge is -2.05. The summed E-state index contributed by atoms with van der Waals surface area (Å²) in [6.45, 7) is 11.5. The first-order chi connectivity index (χ1) is 3.91. The summed E-state index contributed by atoms with van der Waals surface area (Å²) in [5, 5.41) is 0. The highest BCUT2D eigenvalue weighted by Crippen LogP contribution is 2.07. The maximum absolute atomic E-state index is 4.54. The third-order valence-corrected chi connectivity index (χ3v) is 0.289. The van der Waals surface area contributed by atoms with Gasteiger partial charge in [-0.15, -0.1) is 0 Å². The van der Waals surface area contributed by atoms with E-state index >= 15 is 0 Å². The highest BCUT2D eigenvalue weighted by Gasteiger charge is 1.95. The molecule has 1 nitrogen and oxygen atoms in total. The van der Waals surface area contributed by atoms with Crippen LogP contribution in [0, 0.1) is 5.41 Å². The van der Waals surface area contributed by atoms with Crippen molar-refractivity contribution in [2.45, 2.75) is 34.6 Å². The summed E-state index contributed by atoms with van der Waals surface area (Å²) < 4.78 is 4.54. The standard InChI is InChI=1S/C5H12.C3H8O/c1-5(2,3)4;1-3-4-2/h1-4H3;3H2,1-2H3. The summed E-state index contributed by atoms with van der Waals surface area (Å²) >= 11 is 0. The molecule has 0 aliphatic heterocycles. The molecule has 0 fully saturated rings. The molecule has 0 aromatic rings. The van der Waals surface area contributed by atoms with E-state index in [1.54, 1.807) is 7.11 Å². The van der Waals surface area contributed by atoms with Crippen LogP contribution < -0.4 is 0 Å². The van der Waals surface area contributed by atoms with Crippen LogP contribution in [0.5, 0.6) is 0 Å². The third kappa shape index (κ3) is 307. The molecule has 0 radical (unpaired) electrons. The third-order valence-electron chi connectivity index (χ3n) is 0.289. The molecule has 9 heavy (non-hydrogen) atoms. The Morgan fingerprint density at radius 2 is 1.22 bits per heavy atom. The molecular weight excluding hydrogens is 112 g/mol. The van der Waals surface area contributed by atoms with Crippen LogP contribution in [0.3, 0.4) is 0 Å². The van der Waals surface area contributed by atoms with Gasteiger partial charge in [0, 0.05) is 13.7 Å². The van der Waals surface area contributed by atoms with Crippen LogP contribution in [0.4, 0.5) is 0 Å². The quantitative estimate of drug-likeness (QED) is 0.533. The molecule has 58 valence electrons. The summed E-state index contributed by atoms with van der Waals surface area (Å²) in [4.78, 5) is 0. The van der Waals surface area contributed by atoms with Crippen LogP contribution in [-0.2, 0) is 4.74 Å². The van der Waals surface area contributed by atoms with Gasteiger partial charge in [-0.1, -0.05) is 27.7 Å². The fourth-order valence-corrected chi connectivity index (χ4v) is 0. The van der Waals surface area contributed by atoms with Crippen molar-refractivity contribution in [3.63, 3.8) is 0 Å². The summed E-state index contributed by atoms with van der Waals surface area (Å²) in [6.07, 6.45) is 0. The van der Waals surface area contributed by atoms with Gasteiger partial charge in [0.2, 0.25) is 0 Å². The van der Waals surface area contributed by atoms with Crippen LogP contribution in [0.2, 0.25) is 0 Å². The second kappa shape index (κ2) is 6.09. The average Bonchev–Trinajstić information content (AvgIpc) is 1.61. The van der Waals surface area contributed by atoms with Gasteiger partial charge in [-0.25, -0.2) is 0 Å². The smallest absolute Gasteiger partial charge is 0.0433 e. The molecule has 0 N–H and O–H groups in total. The van der Waals surface area contributed by atoms with E-state index in [9.17, 15) is 0 Å². The minimum atomic E-state index is 0.500. The first-order valence-electron chi connectivity index (χ1n) is 3.40. The van der Waals surface area contributed by atoms with Gasteiger partial charge in [-0.3, -0.25) is 0 Å². The molecule has 0 saturated carbocycles. The predicted molar refractivity (Wildman–Crippen MR) is 42.7 cm³/mol. The van der Waals surface area contributed by atoms with Crippen molar-refractivity contribution >= 4 is 0 Å². The van der Waals surface area contributed by atoms with Crippen molar-refractivity contribution in [1.29, 1.82) is 0 Å². The molecular formula is C8H20O. The maximum Gasteiger partial charge on any atom is 0.0433 e. The van der Waals surface area contributed by atoms with Crippen LogP contribution >= 0.6 is 0 Å². The van der Waals surface area contributed by atoms with Crippen molar-refractivity contribution in [3.05, 3.63) is 0 Å². The van der Waals surface area contributed by atoms with E-state index < -0.39 is 0 Å². The Morgan fingerprint density at radius 3 is 1.22 bits per heavy atom. The zero-order valence-electron chi connectivity index (χ0n) is 7.62. The van der Waals surface area contributed by atoms with E-state index in [-0.39, 0.29) is 0 Å². The largest absolute Gasteiger partial charge is 0.385 e. The molecule has 0 rings (SSSR count). The minimum Gasteiger partial charge on any atom is -0.385 e. The second-order valence-electron chi connectivity index (χ2n) is 3.58. The Hall–Kier alpha value is -0.0400. The molecule has 0 aromatic carbocycles. The highest BCUT2D eigenvalue weighted by atomic mass is 16.5. The fourth-order valence-electron chi connectivity index (χ4n) is 0. The lowest BCUT2D eigenvalue weighted by atomic mass is 10.0. The van der Waals surface area contributed by atoms with E-state index in [2.05, 4.69) is 32.4 Å². The zero-order chi connectivity index (χ0) is 7.91. The molecule has 0 aliphatic rings. The fraction of sp³-hybridized carbons (Fsp3) is 1.00. The number of hydrogen-bond acceptors (Lipinski definition) is 1. The van der Waals surface area contributed by atoms with E-state index in [0.717, 1.165) is 6.61 Å². The Kier molecular flexibility index (Phi) is 7.92. The van der Waals surface area contributed by atoms with Crippen LogP contribution in [0.1, 0.15) is 34.6 Å². The van der Waals surface area contributed by atoms with Gasteiger partial charge in [-0.2, -0.15) is 0 Å². The first kappa shape index (κ1) is 11.7. The predicted octanol–water partition coefficient (Wildman–Crippen LogP) is 2.71. The van der Waals surface area contributed by atoms with Gasteiger partial charge in [0.15, 0.2) is 0 Å². The summed E-state index contributed by atoms with van der Waals surface area (Å²) in [6, 6.07) is 0. The van der Waals surface area contributed by atoms with Crippen molar-refractivity contribution in [1.82, 2.24) is 0 Å². The van der Waals surface area contributed by atoms with Crippen LogP contribution in [0.25, 0.3) is 0 Å². The summed E-state index contributed by atoms with van der Waals surface area (Å²) in [5.74, 6) is 0. The monoisotopic (exact) mass is 132 g/mol. The number of ether oxygens (including phenoxy) is 1. The zero-order valence-corrected chi connectivity index (χ0v) is 7.62. The average molecular weight is 132 g/mol. The molecule has 0 unspecified atom stereocenters. The van der Waals surface area contributed by atoms with E-state index in [4.69, 9.17) is 0 Å². The Balaban J connectivity index is 0. The lowest BCUT2D eigenvalue weighted by Crippen LogP contribution is -1.93. The number of methoxy groups -OCH3 is 1. The molecule has 0 amide bonds. The van der Waals surface area contributed by atoms with E-state index in [1.165, 1.54) is 0 Å². The summed E-state index contributed by atoms with van der Waals surface area (Å²) in [5.41, 5.74) is 0.500. The molecule has 0 bridgehead atoms. The molecule has 0 aromatic heterocycles. The molecule has 0 saturated heterocycles. The molecule has 0 spiro atoms. The van der Waals surface area contributed by atoms with Gasteiger partial charge < -0.3 is 4.74 Å². The molecule has 0 aliphatic carbocycles. The van der Waals surface area contributed by atoms with Gasteiger partial charge >= 0.3 is 0 Å². The minimum absolute atomic E-state index is 0.500. The second-order valence-corrected chi connectivity index (χ2v) is 3.58. The number of rotatable bonds is 1. The Labute approximate surface area is 59.4 Å². The van der Waals surface area contributed by atoms with Gasteiger partial charge in [-0.05, 0) is 12.3 Å². The van der Waals surface area contributed by atoms with Gasteiger partial charge in [0.05, 0.1) is 0 Å².